The molecule has 3 aromatic rings. The minimum Gasteiger partial charge on any atom is -0.465 e. The van der Waals surface area contributed by atoms with E-state index in [9.17, 15) is 14.4 Å². The Morgan fingerprint density at radius 3 is 2.66 bits per heavy atom. The summed E-state index contributed by atoms with van der Waals surface area (Å²) in [4.78, 5) is 38.6. The summed E-state index contributed by atoms with van der Waals surface area (Å²) in [6, 6.07) is 12.3. The number of hydrogen-bond donors (Lipinski definition) is 1. The van der Waals surface area contributed by atoms with E-state index in [1.54, 1.807) is 24.3 Å². The first-order valence-corrected chi connectivity index (χ1v) is 10.4. The molecule has 1 N–H and O–H groups in total. The number of benzene rings is 2. The molecule has 0 spiro atoms. The number of amides is 1. The topological polar surface area (TPSA) is 93.5 Å². The first-order chi connectivity index (χ1) is 15.4. The Kier molecular flexibility index (Phi) is 5.96. The summed E-state index contributed by atoms with van der Waals surface area (Å²) in [5, 5.41) is 7.17. The van der Waals surface area contributed by atoms with E-state index in [2.05, 4.69) is 10.4 Å². The maximum atomic E-state index is 13.1. The Hall–Kier alpha value is -3.65. The number of carbonyl (C=O) groups excluding carboxylic acids is 2. The van der Waals surface area contributed by atoms with Crippen LogP contribution >= 0.6 is 11.6 Å². The standard InChI is InChI=1S/C23H21ClN4O4/c1-14(29)26-18-8-5-6-15-13-27(11-10-16(15)18)20-12-25-28(22(30)21(20)24)19-9-4-3-7-17(19)23(31)32-2/h3-9,12H,10-11,13H2,1-2H3,(H,26,29). The Morgan fingerprint density at radius 2 is 1.91 bits per heavy atom. The molecule has 1 aliphatic rings. The van der Waals surface area contributed by atoms with Crippen molar-refractivity contribution in [3.8, 4) is 5.69 Å². The smallest absolute Gasteiger partial charge is 0.340 e. The van der Waals surface area contributed by atoms with Gasteiger partial charge in [0, 0.05) is 25.7 Å². The van der Waals surface area contributed by atoms with Crippen LogP contribution in [0.4, 0.5) is 11.4 Å². The van der Waals surface area contributed by atoms with Crippen molar-refractivity contribution in [1.29, 1.82) is 0 Å². The van der Waals surface area contributed by atoms with Crippen LogP contribution in [-0.2, 0) is 22.5 Å². The largest absolute Gasteiger partial charge is 0.465 e. The van der Waals surface area contributed by atoms with Gasteiger partial charge in [0.1, 0.15) is 5.02 Å². The summed E-state index contributed by atoms with van der Waals surface area (Å²) in [6.07, 6.45) is 2.21. The molecule has 0 saturated carbocycles. The summed E-state index contributed by atoms with van der Waals surface area (Å²) < 4.78 is 5.91. The fourth-order valence-electron chi connectivity index (χ4n) is 3.88. The lowest BCUT2D eigenvalue weighted by molar-refractivity contribution is -0.114. The van der Waals surface area contributed by atoms with E-state index < -0.39 is 11.5 Å². The van der Waals surface area contributed by atoms with Gasteiger partial charge in [0.05, 0.1) is 30.2 Å². The van der Waals surface area contributed by atoms with E-state index in [0.717, 1.165) is 21.5 Å². The zero-order valence-corrected chi connectivity index (χ0v) is 18.3. The van der Waals surface area contributed by atoms with Gasteiger partial charge in [-0.15, -0.1) is 0 Å². The summed E-state index contributed by atoms with van der Waals surface area (Å²) >= 11 is 6.49. The molecule has 2 aromatic carbocycles. The maximum absolute atomic E-state index is 13.1. The van der Waals surface area contributed by atoms with Gasteiger partial charge in [0.2, 0.25) is 5.91 Å². The van der Waals surface area contributed by atoms with Crippen molar-refractivity contribution in [2.24, 2.45) is 0 Å². The van der Waals surface area contributed by atoms with Crippen LogP contribution in [0.2, 0.25) is 5.02 Å². The van der Waals surface area contributed by atoms with Gasteiger partial charge in [-0.3, -0.25) is 9.59 Å². The highest BCUT2D eigenvalue weighted by atomic mass is 35.5. The van der Waals surface area contributed by atoms with Gasteiger partial charge in [-0.2, -0.15) is 9.78 Å². The number of para-hydroxylation sites is 1. The number of halogens is 1. The molecule has 2 heterocycles. The summed E-state index contributed by atoms with van der Waals surface area (Å²) in [7, 11) is 1.27. The number of esters is 1. The van der Waals surface area contributed by atoms with Gasteiger partial charge in [-0.05, 0) is 35.7 Å². The van der Waals surface area contributed by atoms with Crippen molar-refractivity contribution in [2.75, 3.05) is 23.9 Å². The number of nitrogens with zero attached hydrogens (tertiary/aromatic N) is 3. The lowest BCUT2D eigenvalue weighted by Crippen LogP contribution is -2.34. The van der Waals surface area contributed by atoms with Gasteiger partial charge < -0.3 is 15.0 Å². The molecule has 0 aliphatic carbocycles. The SMILES string of the molecule is COC(=O)c1ccccc1-n1ncc(N2CCc3c(cccc3NC(C)=O)C2)c(Cl)c1=O. The zero-order valence-electron chi connectivity index (χ0n) is 17.6. The third-order valence-electron chi connectivity index (χ3n) is 5.36. The van der Waals surface area contributed by atoms with Gasteiger partial charge >= 0.3 is 5.97 Å². The molecule has 9 heteroatoms. The zero-order chi connectivity index (χ0) is 22.8. The molecule has 8 nitrogen and oxygen atoms in total. The first kappa shape index (κ1) is 21.6. The van der Waals surface area contributed by atoms with Crippen molar-refractivity contribution in [3.63, 3.8) is 0 Å². The predicted molar refractivity (Wildman–Crippen MR) is 122 cm³/mol. The van der Waals surface area contributed by atoms with Crippen LogP contribution < -0.4 is 15.8 Å². The highest BCUT2D eigenvalue weighted by molar-refractivity contribution is 6.33. The lowest BCUT2D eigenvalue weighted by Gasteiger charge is -2.32. The van der Waals surface area contributed by atoms with Crippen LogP contribution in [0.1, 0.15) is 28.4 Å². The molecule has 32 heavy (non-hydrogen) atoms. The molecule has 4 rings (SSSR count). The number of ether oxygens (including phenoxy) is 1. The van der Waals surface area contributed by atoms with Crippen molar-refractivity contribution in [3.05, 3.63) is 80.7 Å². The number of anilines is 2. The van der Waals surface area contributed by atoms with Crippen LogP contribution in [0.25, 0.3) is 5.69 Å². The normalized spacial score (nSPS) is 12.8. The summed E-state index contributed by atoms with van der Waals surface area (Å²) in [6.45, 7) is 2.60. The average Bonchev–Trinajstić information content (AvgIpc) is 2.80. The molecule has 164 valence electrons. The monoisotopic (exact) mass is 452 g/mol. The average molecular weight is 453 g/mol. The molecule has 1 aromatic heterocycles. The number of hydrogen-bond acceptors (Lipinski definition) is 6. The van der Waals surface area contributed by atoms with E-state index in [-0.39, 0.29) is 16.5 Å². The van der Waals surface area contributed by atoms with E-state index in [1.807, 2.05) is 23.1 Å². The first-order valence-electron chi connectivity index (χ1n) is 9.99. The second-order valence-electron chi connectivity index (χ2n) is 7.37. The van der Waals surface area contributed by atoms with E-state index in [0.29, 0.717) is 30.9 Å². The Bertz CT molecular complexity index is 1270. The van der Waals surface area contributed by atoms with Crippen molar-refractivity contribution < 1.29 is 14.3 Å². The van der Waals surface area contributed by atoms with Crippen molar-refractivity contribution in [2.45, 2.75) is 19.9 Å². The molecule has 0 fully saturated rings. The second kappa shape index (κ2) is 8.84. The van der Waals surface area contributed by atoms with Gasteiger partial charge in [-0.25, -0.2) is 4.79 Å². The number of nitrogens with one attached hydrogen (secondary N) is 1. The fraction of sp³-hybridized carbons (Fsp3) is 0.217. The quantitative estimate of drug-likeness (QED) is 0.611. The van der Waals surface area contributed by atoms with Crippen LogP contribution in [0.3, 0.4) is 0 Å². The van der Waals surface area contributed by atoms with E-state index >= 15 is 0 Å². The third kappa shape index (κ3) is 3.97. The predicted octanol–water partition coefficient (Wildman–Crippen LogP) is 3.19. The van der Waals surface area contributed by atoms with Crippen LogP contribution in [0.15, 0.2) is 53.5 Å². The molecule has 0 radical (unpaired) electrons. The second-order valence-corrected chi connectivity index (χ2v) is 7.74. The molecule has 0 atom stereocenters. The summed E-state index contributed by atoms with van der Waals surface area (Å²) in [5.74, 6) is -0.693. The van der Waals surface area contributed by atoms with E-state index in [4.69, 9.17) is 16.3 Å². The maximum Gasteiger partial charge on any atom is 0.340 e. The number of aromatic nitrogens is 2. The van der Waals surface area contributed by atoms with Crippen LogP contribution in [0.5, 0.6) is 0 Å². The third-order valence-corrected chi connectivity index (χ3v) is 5.71. The molecule has 0 unspecified atom stereocenters. The molecular formula is C23H21ClN4O4. The van der Waals surface area contributed by atoms with Crippen LogP contribution in [0, 0.1) is 0 Å². The molecule has 1 amide bonds. The minimum absolute atomic E-state index is 0.0149. The molecular weight excluding hydrogens is 432 g/mol. The van der Waals surface area contributed by atoms with Gasteiger partial charge in [0.25, 0.3) is 5.56 Å². The molecule has 0 saturated heterocycles. The Labute approximate surface area is 189 Å². The number of carbonyl (C=O) groups is 2. The number of rotatable bonds is 4. The molecule has 1 aliphatic heterocycles. The Balaban J connectivity index is 1.69. The van der Waals surface area contributed by atoms with Crippen LogP contribution in [-0.4, -0.2) is 35.3 Å². The fourth-order valence-corrected chi connectivity index (χ4v) is 4.13. The number of fused-ring (bicyclic) bond motifs is 1. The minimum atomic E-state index is -0.572. The lowest BCUT2D eigenvalue weighted by atomic mass is 9.97. The highest BCUT2D eigenvalue weighted by Crippen LogP contribution is 2.31. The van der Waals surface area contributed by atoms with Crippen molar-refractivity contribution in [1.82, 2.24) is 9.78 Å². The van der Waals surface area contributed by atoms with Gasteiger partial charge in [0.15, 0.2) is 0 Å². The number of methoxy groups -OCH3 is 1. The Morgan fingerprint density at radius 1 is 1.12 bits per heavy atom. The van der Waals surface area contributed by atoms with E-state index in [1.165, 1.54) is 20.2 Å². The summed E-state index contributed by atoms with van der Waals surface area (Å²) in [5.41, 5.74) is 3.40. The highest BCUT2D eigenvalue weighted by Gasteiger charge is 2.24. The van der Waals surface area contributed by atoms with Crippen molar-refractivity contribution >= 4 is 34.9 Å². The molecule has 0 bridgehead atoms. The van der Waals surface area contributed by atoms with Gasteiger partial charge in [-0.1, -0.05) is 35.9 Å².